The first-order valence-electron chi connectivity index (χ1n) is 4.62. The lowest BCUT2D eigenvalue weighted by atomic mass is 10.1. The van der Waals surface area contributed by atoms with Crippen LogP contribution in [-0.2, 0) is 9.47 Å². The number of ether oxygens (including phenoxy) is 2. The minimum absolute atomic E-state index is 0.0673. The Bertz CT molecular complexity index is 180. The third kappa shape index (κ3) is 3.56. The zero-order valence-corrected chi connectivity index (χ0v) is 10.4. The van der Waals surface area contributed by atoms with Crippen molar-refractivity contribution in [3.63, 3.8) is 0 Å². The van der Waals surface area contributed by atoms with E-state index < -0.39 is 0 Å². The third-order valence-corrected chi connectivity index (χ3v) is 3.32. The van der Waals surface area contributed by atoms with Crippen LogP contribution in [0.2, 0.25) is 0 Å². The predicted molar refractivity (Wildman–Crippen MR) is 62.1 cm³/mol. The molecule has 0 aromatic carbocycles. The molecule has 0 amide bonds. The molecule has 76 valence electrons. The maximum atomic E-state index is 5.79. The summed E-state index contributed by atoms with van der Waals surface area (Å²) in [5.74, 6) is 0. The number of alkyl halides is 1. The van der Waals surface area contributed by atoms with Crippen LogP contribution in [0.3, 0.4) is 0 Å². The Balaban J connectivity index is 2.46. The van der Waals surface area contributed by atoms with Crippen LogP contribution in [0.5, 0.6) is 0 Å². The second kappa shape index (κ2) is 4.75. The highest BCUT2D eigenvalue weighted by Gasteiger charge is 2.29. The van der Waals surface area contributed by atoms with Crippen molar-refractivity contribution in [2.75, 3.05) is 6.61 Å². The van der Waals surface area contributed by atoms with Crippen LogP contribution in [0.15, 0.2) is 12.7 Å². The van der Waals surface area contributed by atoms with Crippen molar-refractivity contribution < 1.29 is 9.47 Å². The van der Waals surface area contributed by atoms with Crippen molar-refractivity contribution in [2.24, 2.45) is 0 Å². The molecular weight excluding hydrogens is 279 g/mol. The first-order valence-corrected chi connectivity index (χ1v) is 5.87. The van der Waals surface area contributed by atoms with Gasteiger partial charge in [0.25, 0.3) is 0 Å². The first kappa shape index (κ1) is 11.5. The maximum Gasteiger partial charge on any atom is 0.170 e. The molecule has 1 rings (SSSR count). The van der Waals surface area contributed by atoms with Gasteiger partial charge in [0.15, 0.2) is 6.29 Å². The molecule has 2 unspecified atom stereocenters. The Labute approximate surface area is 93.8 Å². The molecule has 0 saturated carbocycles. The second-order valence-corrected chi connectivity index (χ2v) is 5.42. The summed E-state index contributed by atoms with van der Waals surface area (Å²) < 4.78 is 11.8. The molecule has 0 radical (unpaired) electrons. The molecule has 3 heteroatoms. The van der Waals surface area contributed by atoms with Gasteiger partial charge in [-0.1, -0.05) is 28.7 Å². The molecule has 1 heterocycles. The number of halogens is 1. The summed E-state index contributed by atoms with van der Waals surface area (Å²) in [6.45, 7) is 8.56. The van der Waals surface area contributed by atoms with E-state index >= 15 is 0 Å². The largest absolute Gasteiger partial charge is 0.351 e. The van der Waals surface area contributed by atoms with Crippen LogP contribution in [0.25, 0.3) is 0 Å². The Kier molecular flexibility index (Phi) is 4.19. The monoisotopic (exact) mass is 296 g/mol. The van der Waals surface area contributed by atoms with Gasteiger partial charge in [0.1, 0.15) is 0 Å². The van der Waals surface area contributed by atoms with Gasteiger partial charge in [0.2, 0.25) is 0 Å². The Morgan fingerprint density at radius 2 is 2.31 bits per heavy atom. The molecule has 13 heavy (non-hydrogen) atoms. The molecule has 0 aromatic heterocycles. The Morgan fingerprint density at radius 3 is 2.85 bits per heavy atom. The van der Waals surface area contributed by atoms with Gasteiger partial charge in [0.05, 0.1) is 9.53 Å². The maximum absolute atomic E-state index is 5.79. The fourth-order valence-corrected chi connectivity index (χ4v) is 1.97. The van der Waals surface area contributed by atoms with Gasteiger partial charge in [0, 0.05) is 6.61 Å². The average Bonchev–Trinajstić information content (AvgIpc) is 2.09. The summed E-state index contributed by atoms with van der Waals surface area (Å²) in [6.07, 6.45) is 4.07. The van der Waals surface area contributed by atoms with E-state index in [9.17, 15) is 0 Å². The molecule has 1 fully saturated rings. The van der Waals surface area contributed by atoms with E-state index in [2.05, 4.69) is 29.2 Å². The number of hydrogen-bond donors (Lipinski definition) is 0. The SMILES string of the molecule is C=CC(C)(C)OC1OCCCC1I. The molecule has 0 bridgehead atoms. The summed E-state index contributed by atoms with van der Waals surface area (Å²) in [5, 5.41) is 0. The minimum Gasteiger partial charge on any atom is -0.351 e. The number of rotatable bonds is 3. The molecule has 0 aromatic rings. The van der Waals surface area contributed by atoms with Crippen LogP contribution in [0.4, 0.5) is 0 Å². The molecular formula is C10H17IO2. The van der Waals surface area contributed by atoms with E-state index in [4.69, 9.17) is 9.47 Å². The molecule has 1 saturated heterocycles. The fraction of sp³-hybridized carbons (Fsp3) is 0.800. The lowest BCUT2D eigenvalue weighted by Crippen LogP contribution is -2.38. The van der Waals surface area contributed by atoms with E-state index in [0.29, 0.717) is 3.92 Å². The quantitative estimate of drug-likeness (QED) is 0.453. The minimum atomic E-state index is -0.286. The van der Waals surface area contributed by atoms with E-state index in [1.54, 1.807) is 0 Å². The van der Waals surface area contributed by atoms with Gasteiger partial charge >= 0.3 is 0 Å². The Hall–Kier alpha value is 0.390. The zero-order chi connectivity index (χ0) is 9.90. The number of hydrogen-bond acceptors (Lipinski definition) is 2. The second-order valence-electron chi connectivity index (χ2n) is 3.82. The topological polar surface area (TPSA) is 18.5 Å². The lowest BCUT2D eigenvalue weighted by molar-refractivity contribution is -0.195. The normalized spacial score (nSPS) is 30.1. The molecule has 2 nitrogen and oxygen atoms in total. The van der Waals surface area contributed by atoms with E-state index in [-0.39, 0.29) is 11.9 Å². The van der Waals surface area contributed by atoms with Gasteiger partial charge in [-0.05, 0) is 26.7 Å². The van der Waals surface area contributed by atoms with Gasteiger partial charge < -0.3 is 9.47 Å². The lowest BCUT2D eigenvalue weighted by Gasteiger charge is -2.33. The first-order chi connectivity index (χ1) is 6.05. The molecule has 0 N–H and O–H groups in total. The third-order valence-electron chi connectivity index (χ3n) is 2.11. The molecule has 1 aliphatic heterocycles. The molecule has 2 atom stereocenters. The van der Waals surface area contributed by atoms with E-state index in [1.165, 1.54) is 6.42 Å². The molecule has 0 aliphatic carbocycles. The van der Waals surface area contributed by atoms with E-state index in [0.717, 1.165) is 13.0 Å². The Morgan fingerprint density at radius 1 is 1.62 bits per heavy atom. The van der Waals surface area contributed by atoms with Crippen molar-refractivity contribution in [2.45, 2.75) is 42.5 Å². The van der Waals surface area contributed by atoms with Crippen LogP contribution < -0.4 is 0 Å². The summed E-state index contributed by atoms with van der Waals surface area (Å²) in [7, 11) is 0. The van der Waals surface area contributed by atoms with Crippen LogP contribution in [0, 0.1) is 0 Å². The summed E-state index contributed by atoms with van der Waals surface area (Å²) in [4.78, 5) is 0. The van der Waals surface area contributed by atoms with Gasteiger partial charge in [-0.3, -0.25) is 0 Å². The highest BCUT2D eigenvalue weighted by Crippen LogP contribution is 2.26. The zero-order valence-electron chi connectivity index (χ0n) is 8.25. The van der Waals surface area contributed by atoms with Crippen molar-refractivity contribution in [1.29, 1.82) is 0 Å². The average molecular weight is 296 g/mol. The van der Waals surface area contributed by atoms with Crippen molar-refractivity contribution >= 4 is 22.6 Å². The van der Waals surface area contributed by atoms with Gasteiger partial charge in [-0.25, -0.2) is 0 Å². The van der Waals surface area contributed by atoms with Crippen molar-refractivity contribution in [3.8, 4) is 0 Å². The van der Waals surface area contributed by atoms with Crippen LogP contribution in [-0.4, -0.2) is 22.4 Å². The van der Waals surface area contributed by atoms with Crippen LogP contribution in [0.1, 0.15) is 26.7 Å². The standard InChI is InChI=1S/C10H17IO2/c1-4-10(2,3)13-9-8(11)6-5-7-12-9/h4,8-9H,1,5-7H2,2-3H3. The smallest absolute Gasteiger partial charge is 0.170 e. The highest BCUT2D eigenvalue weighted by molar-refractivity contribution is 14.1. The fourth-order valence-electron chi connectivity index (χ4n) is 1.17. The van der Waals surface area contributed by atoms with Gasteiger partial charge in [-0.15, -0.1) is 6.58 Å². The molecule has 0 spiro atoms. The summed E-state index contributed by atoms with van der Waals surface area (Å²) in [6, 6.07) is 0. The predicted octanol–water partition coefficient (Wildman–Crippen LogP) is 2.91. The van der Waals surface area contributed by atoms with Crippen LogP contribution >= 0.6 is 22.6 Å². The van der Waals surface area contributed by atoms with E-state index in [1.807, 2.05) is 19.9 Å². The molecule has 1 aliphatic rings. The van der Waals surface area contributed by atoms with Gasteiger partial charge in [-0.2, -0.15) is 0 Å². The summed E-state index contributed by atoms with van der Waals surface area (Å²) >= 11 is 2.39. The van der Waals surface area contributed by atoms with Crippen molar-refractivity contribution in [3.05, 3.63) is 12.7 Å². The van der Waals surface area contributed by atoms with Crippen molar-refractivity contribution in [1.82, 2.24) is 0 Å². The highest BCUT2D eigenvalue weighted by atomic mass is 127. The summed E-state index contributed by atoms with van der Waals surface area (Å²) in [5.41, 5.74) is -0.286.